The highest BCUT2D eigenvalue weighted by Gasteiger charge is 2.31. The number of nitrogens with one attached hydrogen (secondary N) is 1. The summed E-state index contributed by atoms with van der Waals surface area (Å²) >= 11 is 0. The second-order valence-electron chi connectivity index (χ2n) is 8.47. The summed E-state index contributed by atoms with van der Waals surface area (Å²) in [5, 5.41) is 2.77. The maximum Gasteiger partial charge on any atom is 0.310 e. The molecule has 3 rings (SSSR count). The van der Waals surface area contributed by atoms with Crippen molar-refractivity contribution in [1.82, 2.24) is 14.8 Å². The number of pyridine rings is 1. The summed E-state index contributed by atoms with van der Waals surface area (Å²) in [6.45, 7) is 6.74. The summed E-state index contributed by atoms with van der Waals surface area (Å²) in [6.07, 6.45) is 4.27. The van der Waals surface area contributed by atoms with E-state index in [-0.39, 0.29) is 42.8 Å². The van der Waals surface area contributed by atoms with Gasteiger partial charge in [-0.05, 0) is 39.2 Å². The molecule has 1 unspecified atom stereocenters. The minimum atomic E-state index is -0.610. The Balaban J connectivity index is 1.86. The topological polar surface area (TPSA) is 97.7 Å². The van der Waals surface area contributed by atoms with Crippen LogP contribution >= 0.6 is 0 Å². The van der Waals surface area contributed by atoms with E-state index >= 15 is 0 Å². The molecule has 1 aliphatic rings. The standard InChI is InChI=1S/C25H31N3O5/c1-4-33-25(32)19-11-8-12-27(14-19)24(31)21-16-28(17(2)3)15-20(22(21)29)23(30)26-13-18-9-6-5-7-10-18/h5-7,9-10,15-17,19H,4,8,11-14H2,1-3H3,(H,26,30). The molecule has 1 fully saturated rings. The van der Waals surface area contributed by atoms with Gasteiger partial charge in [0.2, 0.25) is 5.43 Å². The van der Waals surface area contributed by atoms with Gasteiger partial charge < -0.3 is 19.5 Å². The normalized spacial score (nSPS) is 15.9. The second kappa shape index (κ2) is 10.9. The molecule has 176 valence electrons. The second-order valence-corrected chi connectivity index (χ2v) is 8.47. The predicted octanol–water partition coefficient (Wildman–Crippen LogP) is 2.77. The Morgan fingerprint density at radius 2 is 1.82 bits per heavy atom. The first-order valence-corrected chi connectivity index (χ1v) is 11.4. The fourth-order valence-corrected chi connectivity index (χ4v) is 3.87. The van der Waals surface area contributed by atoms with Crippen molar-refractivity contribution in [1.29, 1.82) is 0 Å². The highest BCUT2D eigenvalue weighted by molar-refractivity contribution is 5.99. The third kappa shape index (κ3) is 5.88. The smallest absolute Gasteiger partial charge is 0.310 e. The lowest BCUT2D eigenvalue weighted by Gasteiger charge is -2.31. The maximum absolute atomic E-state index is 13.3. The molecule has 2 heterocycles. The maximum atomic E-state index is 13.3. The number of likely N-dealkylation sites (tertiary alicyclic amines) is 1. The third-order valence-electron chi connectivity index (χ3n) is 5.74. The van der Waals surface area contributed by atoms with Crippen molar-refractivity contribution in [3.05, 3.63) is 69.6 Å². The third-order valence-corrected chi connectivity index (χ3v) is 5.74. The lowest BCUT2D eigenvalue weighted by atomic mass is 9.97. The van der Waals surface area contributed by atoms with Gasteiger partial charge >= 0.3 is 5.97 Å². The Bertz CT molecular complexity index is 1060. The molecule has 0 saturated carbocycles. The molecule has 8 nitrogen and oxygen atoms in total. The summed E-state index contributed by atoms with van der Waals surface area (Å²) in [5.74, 6) is -1.74. The van der Waals surface area contributed by atoms with Gasteiger partial charge in [0, 0.05) is 38.1 Å². The molecule has 33 heavy (non-hydrogen) atoms. The van der Waals surface area contributed by atoms with Crippen molar-refractivity contribution in [2.45, 2.75) is 46.2 Å². The van der Waals surface area contributed by atoms with Crippen molar-refractivity contribution in [3.8, 4) is 0 Å². The van der Waals surface area contributed by atoms with Crippen LogP contribution in [-0.4, -0.2) is 46.9 Å². The van der Waals surface area contributed by atoms with Gasteiger partial charge in [-0.1, -0.05) is 30.3 Å². The van der Waals surface area contributed by atoms with Crippen LogP contribution in [0, 0.1) is 5.92 Å². The van der Waals surface area contributed by atoms with Crippen molar-refractivity contribution in [3.63, 3.8) is 0 Å². The van der Waals surface area contributed by atoms with Gasteiger partial charge in [0.05, 0.1) is 12.5 Å². The average molecular weight is 454 g/mol. The molecule has 1 saturated heterocycles. The van der Waals surface area contributed by atoms with E-state index in [9.17, 15) is 19.2 Å². The molecule has 1 aromatic carbocycles. The number of carbonyl (C=O) groups is 3. The van der Waals surface area contributed by atoms with E-state index < -0.39 is 23.2 Å². The summed E-state index contributed by atoms with van der Waals surface area (Å²) < 4.78 is 6.80. The van der Waals surface area contributed by atoms with E-state index in [0.717, 1.165) is 5.56 Å². The molecule has 1 N–H and O–H groups in total. The number of piperidine rings is 1. The first-order chi connectivity index (χ1) is 15.8. The fourth-order valence-electron chi connectivity index (χ4n) is 3.87. The lowest BCUT2D eigenvalue weighted by Crippen LogP contribution is -2.45. The fraction of sp³-hybridized carbons (Fsp3) is 0.440. The summed E-state index contributed by atoms with van der Waals surface area (Å²) in [4.78, 5) is 53.0. The summed E-state index contributed by atoms with van der Waals surface area (Å²) in [6, 6.07) is 9.32. The molecular formula is C25H31N3O5. The number of hydrogen-bond donors (Lipinski definition) is 1. The van der Waals surface area contributed by atoms with Crippen LogP contribution in [0.15, 0.2) is 47.5 Å². The Kier molecular flexibility index (Phi) is 8.03. The predicted molar refractivity (Wildman–Crippen MR) is 124 cm³/mol. The van der Waals surface area contributed by atoms with E-state index in [2.05, 4.69) is 5.32 Å². The highest BCUT2D eigenvalue weighted by atomic mass is 16.5. The van der Waals surface area contributed by atoms with Crippen molar-refractivity contribution in [2.24, 2.45) is 5.92 Å². The van der Waals surface area contributed by atoms with E-state index in [4.69, 9.17) is 4.74 Å². The zero-order valence-electron chi connectivity index (χ0n) is 19.4. The molecule has 2 amide bonds. The van der Waals surface area contributed by atoms with Crippen molar-refractivity contribution >= 4 is 17.8 Å². The largest absolute Gasteiger partial charge is 0.466 e. The van der Waals surface area contributed by atoms with Crippen LogP contribution in [0.1, 0.15) is 65.9 Å². The minimum Gasteiger partial charge on any atom is -0.466 e. The molecule has 0 aliphatic carbocycles. The molecule has 1 atom stereocenters. The van der Waals surface area contributed by atoms with E-state index in [0.29, 0.717) is 19.4 Å². The monoisotopic (exact) mass is 453 g/mol. The molecule has 8 heteroatoms. The van der Waals surface area contributed by atoms with Crippen LogP contribution in [0.2, 0.25) is 0 Å². The summed E-state index contributed by atoms with van der Waals surface area (Å²) in [7, 11) is 0. The van der Waals surface area contributed by atoms with Crippen molar-refractivity contribution < 1.29 is 19.1 Å². The van der Waals surface area contributed by atoms with Crippen molar-refractivity contribution in [2.75, 3.05) is 19.7 Å². The minimum absolute atomic E-state index is 0.0635. The van der Waals surface area contributed by atoms with Gasteiger partial charge in [-0.25, -0.2) is 0 Å². The number of nitrogens with zero attached hydrogens (tertiary/aromatic N) is 2. The van der Waals surface area contributed by atoms with Gasteiger partial charge in [-0.3, -0.25) is 19.2 Å². The molecule has 0 spiro atoms. The quantitative estimate of drug-likeness (QED) is 0.650. The number of amides is 2. The Morgan fingerprint density at radius 3 is 2.48 bits per heavy atom. The van der Waals surface area contributed by atoms with Gasteiger partial charge in [0.1, 0.15) is 11.1 Å². The molecule has 1 aromatic heterocycles. The Labute approximate surface area is 193 Å². The van der Waals surface area contributed by atoms with Crippen LogP contribution in [0.4, 0.5) is 0 Å². The van der Waals surface area contributed by atoms with Gasteiger partial charge in [-0.15, -0.1) is 0 Å². The number of rotatable bonds is 7. The summed E-state index contributed by atoms with van der Waals surface area (Å²) in [5.41, 5.74) is 0.145. The number of hydrogen-bond acceptors (Lipinski definition) is 5. The first-order valence-electron chi connectivity index (χ1n) is 11.4. The number of esters is 1. The van der Waals surface area contributed by atoms with Crippen LogP contribution in [0.5, 0.6) is 0 Å². The molecule has 0 radical (unpaired) electrons. The first kappa shape index (κ1) is 24.2. The lowest BCUT2D eigenvalue weighted by molar-refractivity contribution is -0.149. The van der Waals surface area contributed by atoms with Gasteiger partial charge in [0.15, 0.2) is 0 Å². The van der Waals surface area contributed by atoms with Gasteiger partial charge in [-0.2, -0.15) is 0 Å². The van der Waals surface area contributed by atoms with Crippen LogP contribution in [-0.2, 0) is 16.1 Å². The molecular weight excluding hydrogens is 422 g/mol. The van der Waals surface area contributed by atoms with Crippen LogP contribution < -0.4 is 10.7 Å². The van der Waals surface area contributed by atoms with Gasteiger partial charge in [0.25, 0.3) is 11.8 Å². The van der Waals surface area contributed by atoms with E-state index in [1.54, 1.807) is 11.5 Å². The number of benzene rings is 1. The molecule has 2 aromatic rings. The average Bonchev–Trinajstić information content (AvgIpc) is 2.83. The SMILES string of the molecule is CCOC(=O)C1CCCN(C(=O)c2cn(C(C)C)cc(C(=O)NCc3ccccc3)c2=O)C1. The van der Waals surface area contributed by atoms with Crippen LogP contribution in [0.25, 0.3) is 0 Å². The number of aromatic nitrogens is 1. The number of ether oxygens (including phenoxy) is 1. The highest BCUT2D eigenvalue weighted by Crippen LogP contribution is 2.20. The van der Waals surface area contributed by atoms with E-state index in [1.165, 1.54) is 17.3 Å². The zero-order valence-corrected chi connectivity index (χ0v) is 19.4. The zero-order chi connectivity index (χ0) is 24.0. The Morgan fingerprint density at radius 1 is 1.12 bits per heavy atom. The number of carbonyl (C=O) groups excluding carboxylic acids is 3. The van der Waals surface area contributed by atoms with Crippen LogP contribution in [0.3, 0.4) is 0 Å². The molecule has 1 aliphatic heterocycles. The Hall–Kier alpha value is -3.42. The molecule has 0 bridgehead atoms. The van der Waals surface area contributed by atoms with E-state index in [1.807, 2.05) is 44.2 Å².